The maximum absolute atomic E-state index is 13.0. The summed E-state index contributed by atoms with van der Waals surface area (Å²) in [4.78, 5) is 25.7. The Kier molecular flexibility index (Phi) is 6.18. The third kappa shape index (κ3) is 4.06. The lowest BCUT2D eigenvalue weighted by molar-refractivity contribution is 0.0529. The Bertz CT molecular complexity index is 1280. The van der Waals surface area contributed by atoms with Gasteiger partial charge in [-0.15, -0.1) is 16.4 Å². The summed E-state index contributed by atoms with van der Waals surface area (Å²) in [5.41, 5.74) is 3.75. The van der Waals surface area contributed by atoms with E-state index in [-0.39, 0.29) is 12.5 Å². The van der Waals surface area contributed by atoms with E-state index in [0.717, 1.165) is 11.1 Å². The van der Waals surface area contributed by atoms with E-state index in [4.69, 9.17) is 9.47 Å². The second-order valence-corrected chi connectivity index (χ2v) is 7.74. The van der Waals surface area contributed by atoms with Crippen molar-refractivity contribution in [3.05, 3.63) is 59.0 Å². The normalized spacial score (nSPS) is 10.8. The van der Waals surface area contributed by atoms with Crippen molar-refractivity contribution < 1.29 is 19.1 Å². The van der Waals surface area contributed by atoms with E-state index in [1.165, 1.54) is 11.3 Å². The van der Waals surface area contributed by atoms with Crippen LogP contribution in [0.5, 0.6) is 5.75 Å². The Labute approximate surface area is 188 Å². The maximum Gasteiger partial charge on any atom is 0.341 e. The molecule has 0 saturated heterocycles. The molecule has 0 aliphatic rings. The molecule has 0 bridgehead atoms. The predicted molar refractivity (Wildman–Crippen MR) is 123 cm³/mol. The topological polar surface area (TPSA) is 95.3 Å². The number of nitrogens with one attached hydrogen (secondary N) is 1. The first kappa shape index (κ1) is 21.5. The molecule has 4 aromatic rings. The van der Waals surface area contributed by atoms with E-state index < -0.39 is 5.97 Å². The zero-order valence-electron chi connectivity index (χ0n) is 17.9. The van der Waals surface area contributed by atoms with Crippen LogP contribution < -0.4 is 10.1 Å². The molecule has 0 spiro atoms. The summed E-state index contributed by atoms with van der Waals surface area (Å²) >= 11 is 1.27. The maximum atomic E-state index is 13.0. The van der Waals surface area contributed by atoms with Gasteiger partial charge in [-0.1, -0.05) is 17.3 Å². The van der Waals surface area contributed by atoms with Gasteiger partial charge >= 0.3 is 5.97 Å². The van der Waals surface area contributed by atoms with Crippen molar-refractivity contribution in [2.45, 2.75) is 20.4 Å². The largest absolute Gasteiger partial charge is 0.497 e. The average molecular weight is 451 g/mol. The zero-order chi connectivity index (χ0) is 22.7. The summed E-state index contributed by atoms with van der Waals surface area (Å²) in [7, 11) is 1.59. The fraction of sp³-hybridized carbons (Fsp3) is 0.217. The number of carbonyl (C=O) groups is 2. The second-order valence-electron chi connectivity index (χ2n) is 6.87. The standard InChI is InChI=1S/C23H22N4O4S/c1-4-27-19-11-8-15(12-18(19)25-26-27)21(28)24-22-20(23(29)31-5-2)17(13-32-22)14-6-9-16(30-3)10-7-14/h6-13H,4-5H2,1-3H3,(H,24,28). The summed E-state index contributed by atoms with van der Waals surface area (Å²) in [6, 6.07) is 12.6. The highest BCUT2D eigenvalue weighted by molar-refractivity contribution is 7.15. The van der Waals surface area contributed by atoms with E-state index in [1.807, 2.05) is 42.6 Å². The molecular formula is C23H22N4O4S. The number of ether oxygens (including phenoxy) is 2. The quantitative estimate of drug-likeness (QED) is 0.413. The summed E-state index contributed by atoms with van der Waals surface area (Å²) in [6.07, 6.45) is 0. The number of amides is 1. The number of rotatable bonds is 7. The fourth-order valence-electron chi connectivity index (χ4n) is 3.36. The van der Waals surface area contributed by atoms with Crippen molar-refractivity contribution in [1.29, 1.82) is 0 Å². The first-order chi connectivity index (χ1) is 15.5. The Hall–Kier alpha value is -3.72. The number of nitrogens with zero attached hydrogens (tertiary/aromatic N) is 3. The van der Waals surface area contributed by atoms with Gasteiger partial charge in [-0.3, -0.25) is 4.79 Å². The molecule has 9 heteroatoms. The summed E-state index contributed by atoms with van der Waals surface area (Å²) in [6.45, 7) is 4.64. The number of hydrogen-bond acceptors (Lipinski definition) is 7. The van der Waals surface area contributed by atoms with Crippen LogP contribution in [0.15, 0.2) is 47.8 Å². The van der Waals surface area contributed by atoms with Crippen LogP contribution in [0.25, 0.3) is 22.2 Å². The van der Waals surface area contributed by atoms with Crippen LogP contribution in [0.3, 0.4) is 0 Å². The summed E-state index contributed by atoms with van der Waals surface area (Å²) in [5, 5.41) is 13.3. The highest BCUT2D eigenvalue weighted by Crippen LogP contribution is 2.37. The molecule has 0 atom stereocenters. The van der Waals surface area contributed by atoms with Gasteiger partial charge in [0.15, 0.2) is 0 Å². The Morgan fingerprint density at radius 2 is 1.91 bits per heavy atom. The molecule has 32 heavy (non-hydrogen) atoms. The van der Waals surface area contributed by atoms with E-state index in [9.17, 15) is 9.59 Å². The van der Waals surface area contributed by atoms with E-state index in [2.05, 4.69) is 15.6 Å². The first-order valence-corrected chi connectivity index (χ1v) is 11.0. The van der Waals surface area contributed by atoms with Gasteiger partial charge in [-0.25, -0.2) is 9.48 Å². The van der Waals surface area contributed by atoms with Gasteiger partial charge in [-0.2, -0.15) is 0 Å². The Morgan fingerprint density at radius 1 is 1.12 bits per heavy atom. The minimum Gasteiger partial charge on any atom is -0.497 e. The molecule has 8 nitrogen and oxygen atoms in total. The lowest BCUT2D eigenvalue weighted by Gasteiger charge is -2.09. The van der Waals surface area contributed by atoms with Gasteiger partial charge in [0.05, 0.1) is 19.2 Å². The molecule has 2 aromatic heterocycles. The van der Waals surface area contributed by atoms with Crippen LogP contribution in [0.4, 0.5) is 5.00 Å². The molecule has 164 valence electrons. The fourth-order valence-corrected chi connectivity index (χ4v) is 4.31. The molecule has 1 amide bonds. The molecule has 0 saturated carbocycles. The van der Waals surface area contributed by atoms with Gasteiger partial charge < -0.3 is 14.8 Å². The number of anilines is 1. The molecular weight excluding hydrogens is 428 g/mol. The third-order valence-corrected chi connectivity index (χ3v) is 5.87. The molecule has 0 aliphatic carbocycles. The highest BCUT2D eigenvalue weighted by Gasteiger charge is 2.23. The summed E-state index contributed by atoms with van der Waals surface area (Å²) < 4.78 is 12.2. The summed E-state index contributed by atoms with van der Waals surface area (Å²) in [5.74, 6) is -0.117. The third-order valence-electron chi connectivity index (χ3n) is 4.97. The van der Waals surface area contributed by atoms with Crippen LogP contribution in [0, 0.1) is 0 Å². The number of hydrogen-bond donors (Lipinski definition) is 1. The molecule has 0 aliphatic heterocycles. The van der Waals surface area contributed by atoms with Crippen LogP contribution >= 0.6 is 11.3 Å². The van der Waals surface area contributed by atoms with Crippen LogP contribution in [0.1, 0.15) is 34.6 Å². The van der Waals surface area contributed by atoms with Gasteiger partial charge in [0, 0.05) is 23.1 Å². The number of aryl methyl sites for hydroxylation is 1. The average Bonchev–Trinajstić information content (AvgIpc) is 3.42. The zero-order valence-corrected chi connectivity index (χ0v) is 18.7. The number of thiophene rings is 1. The van der Waals surface area contributed by atoms with Crippen molar-refractivity contribution in [3.8, 4) is 16.9 Å². The van der Waals surface area contributed by atoms with Gasteiger partial charge in [0.25, 0.3) is 5.91 Å². The number of aromatic nitrogens is 3. The van der Waals surface area contributed by atoms with E-state index >= 15 is 0 Å². The number of carbonyl (C=O) groups excluding carboxylic acids is 2. The van der Waals surface area contributed by atoms with Crippen molar-refractivity contribution in [1.82, 2.24) is 15.0 Å². The van der Waals surface area contributed by atoms with E-state index in [0.29, 0.717) is 39.5 Å². The van der Waals surface area contributed by atoms with Crippen LogP contribution in [0.2, 0.25) is 0 Å². The van der Waals surface area contributed by atoms with Crippen LogP contribution in [-0.4, -0.2) is 40.6 Å². The van der Waals surface area contributed by atoms with Gasteiger partial charge in [-0.05, 0) is 49.7 Å². The van der Waals surface area contributed by atoms with Gasteiger partial charge in [0.1, 0.15) is 21.8 Å². The van der Waals surface area contributed by atoms with Gasteiger partial charge in [0.2, 0.25) is 0 Å². The molecule has 0 radical (unpaired) electrons. The Balaban J connectivity index is 1.67. The van der Waals surface area contributed by atoms with Crippen LogP contribution in [-0.2, 0) is 11.3 Å². The minimum atomic E-state index is -0.490. The number of methoxy groups -OCH3 is 1. The van der Waals surface area contributed by atoms with Crippen molar-refractivity contribution in [2.24, 2.45) is 0 Å². The number of esters is 1. The van der Waals surface area contributed by atoms with Crippen molar-refractivity contribution >= 4 is 39.2 Å². The second kappa shape index (κ2) is 9.19. The SMILES string of the molecule is CCOC(=O)c1c(-c2ccc(OC)cc2)csc1NC(=O)c1ccc2c(c1)nnn2CC. The predicted octanol–water partition coefficient (Wildman–Crippen LogP) is 4.62. The molecule has 0 fully saturated rings. The van der Waals surface area contributed by atoms with E-state index in [1.54, 1.807) is 30.8 Å². The lowest BCUT2D eigenvalue weighted by atomic mass is 10.0. The van der Waals surface area contributed by atoms with Crippen molar-refractivity contribution in [2.75, 3.05) is 19.0 Å². The highest BCUT2D eigenvalue weighted by atomic mass is 32.1. The Morgan fingerprint density at radius 3 is 2.59 bits per heavy atom. The number of benzene rings is 2. The first-order valence-electron chi connectivity index (χ1n) is 10.1. The molecule has 4 rings (SSSR count). The minimum absolute atomic E-state index is 0.230. The molecule has 1 N–H and O–H groups in total. The molecule has 2 aromatic carbocycles. The van der Waals surface area contributed by atoms with Crippen molar-refractivity contribution in [3.63, 3.8) is 0 Å². The molecule has 2 heterocycles. The monoisotopic (exact) mass is 450 g/mol. The molecule has 0 unspecified atom stereocenters. The lowest BCUT2D eigenvalue weighted by Crippen LogP contribution is -2.14. The smallest absolute Gasteiger partial charge is 0.341 e. The number of fused-ring (bicyclic) bond motifs is 1.